The highest BCUT2D eigenvalue weighted by Gasteiger charge is 2.22. The third-order valence-electron chi connectivity index (χ3n) is 5.51. The van der Waals surface area contributed by atoms with Crippen molar-refractivity contribution in [1.82, 2.24) is 9.61 Å². The van der Waals surface area contributed by atoms with Crippen molar-refractivity contribution in [2.75, 3.05) is 0 Å². The van der Waals surface area contributed by atoms with Crippen molar-refractivity contribution in [3.05, 3.63) is 109 Å². The number of hydrogen-bond donors (Lipinski definition) is 0. The molecular formula is C27H18N2O. The second-order valence-corrected chi connectivity index (χ2v) is 7.31. The summed E-state index contributed by atoms with van der Waals surface area (Å²) in [5.74, 6) is 0.764. The SMILES string of the molecule is c1ccc(-c2c(-c3ccco3)nn3c(-c4ccccc4)cc4ccccc4c23)cc1. The molecule has 3 aromatic heterocycles. The third kappa shape index (κ3) is 2.56. The molecule has 0 radical (unpaired) electrons. The molecule has 142 valence electrons. The molecule has 0 aliphatic rings. The quantitative estimate of drug-likeness (QED) is 0.325. The summed E-state index contributed by atoms with van der Waals surface area (Å²) in [4.78, 5) is 0. The standard InChI is InChI=1S/C27H18N2O/c1-3-10-19(11-4-1)23-18-21-14-7-8-15-22(21)27-25(20-12-5-2-6-13-20)26(28-29(23)27)24-16-9-17-30-24/h1-18H. The van der Waals surface area contributed by atoms with Gasteiger partial charge in [-0.25, -0.2) is 4.52 Å². The molecule has 0 aliphatic carbocycles. The largest absolute Gasteiger partial charge is 0.463 e. The van der Waals surface area contributed by atoms with Gasteiger partial charge in [0, 0.05) is 16.5 Å². The van der Waals surface area contributed by atoms with Crippen LogP contribution in [0.5, 0.6) is 0 Å². The van der Waals surface area contributed by atoms with E-state index in [1.54, 1.807) is 6.26 Å². The van der Waals surface area contributed by atoms with Crippen LogP contribution in [0.4, 0.5) is 0 Å². The lowest BCUT2D eigenvalue weighted by atomic mass is 9.99. The number of furan rings is 1. The first-order valence-electron chi connectivity index (χ1n) is 9.99. The molecule has 0 aliphatic heterocycles. The minimum Gasteiger partial charge on any atom is -0.463 e. The Hall–Kier alpha value is -4.11. The van der Waals surface area contributed by atoms with E-state index in [-0.39, 0.29) is 0 Å². The number of aromatic nitrogens is 2. The summed E-state index contributed by atoms with van der Waals surface area (Å²) < 4.78 is 7.86. The van der Waals surface area contributed by atoms with Crippen molar-refractivity contribution in [2.45, 2.75) is 0 Å². The fraction of sp³-hybridized carbons (Fsp3) is 0. The fourth-order valence-electron chi connectivity index (χ4n) is 4.17. The van der Waals surface area contributed by atoms with Crippen LogP contribution in [0, 0.1) is 0 Å². The zero-order valence-electron chi connectivity index (χ0n) is 16.2. The van der Waals surface area contributed by atoms with E-state index in [0.29, 0.717) is 0 Å². The summed E-state index contributed by atoms with van der Waals surface area (Å²) in [6.07, 6.45) is 1.70. The maximum atomic E-state index is 5.79. The molecule has 0 bridgehead atoms. The van der Waals surface area contributed by atoms with Crippen molar-refractivity contribution in [1.29, 1.82) is 0 Å². The summed E-state index contributed by atoms with van der Waals surface area (Å²) >= 11 is 0. The van der Waals surface area contributed by atoms with Crippen molar-refractivity contribution < 1.29 is 4.42 Å². The van der Waals surface area contributed by atoms with Crippen molar-refractivity contribution in [3.8, 4) is 33.8 Å². The third-order valence-corrected chi connectivity index (χ3v) is 5.51. The lowest BCUT2D eigenvalue weighted by Crippen LogP contribution is -1.95. The highest BCUT2D eigenvalue weighted by molar-refractivity contribution is 6.08. The number of nitrogens with zero attached hydrogens (tertiary/aromatic N) is 2. The lowest BCUT2D eigenvalue weighted by molar-refractivity contribution is 0.579. The molecule has 0 fully saturated rings. The van der Waals surface area contributed by atoms with Gasteiger partial charge in [0.05, 0.1) is 17.5 Å². The molecule has 6 aromatic rings. The van der Waals surface area contributed by atoms with Gasteiger partial charge in [0.15, 0.2) is 5.76 Å². The maximum absolute atomic E-state index is 5.79. The Morgan fingerprint density at radius 3 is 2.10 bits per heavy atom. The van der Waals surface area contributed by atoms with Gasteiger partial charge in [-0.05, 0) is 29.1 Å². The molecule has 3 heterocycles. The van der Waals surface area contributed by atoms with Crippen molar-refractivity contribution in [3.63, 3.8) is 0 Å². The van der Waals surface area contributed by atoms with E-state index in [4.69, 9.17) is 9.52 Å². The summed E-state index contributed by atoms with van der Waals surface area (Å²) in [6, 6.07) is 35.4. The molecular weight excluding hydrogens is 368 g/mol. The van der Waals surface area contributed by atoms with Crippen LogP contribution in [0.3, 0.4) is 0 Å². The average molecular weight is 386 g/mol. The monoisotopic (exact) mass is 386 g/mol. The van der Waals surface area contributed by atoms with Crippen LogP contribution >= 0.6 is 0 Å². The number of benzene rings is 3. The minimum atomic E-state index is 0.764. The van der Waals surface area contributed by atoms with Gasteiger partial charge >= 0.3 is 0 Å². The molecule has 0 amide bonds. The molecule has 3 nitrogen and oxygen atoms in total. The van der Waals surface area contributed by atoms with E-state index in [1.807, 2.05) is 24.3 Å². The molecule has 30 heavy (non-hydrogen) atoms. The molecule has 3 heteroatoms. The van der Waals surface area contributed by atoms with Crippen LogP contribution in [0.2, 0.25) is 0 Å². The van der Waals surface area contributed by atoms with Crippen LogP contribution in [0.1, 0.15) is 0 Å². The second kappa shape index (κ2) is 6.75. The van der Waals surface area contributed by atoms with E-state index in [2.05, 4.69) is 83.4 Å². The average Bonchev–Trinajstić information content (AvgIpc) is 3.48. The van der Waals surface area contributed by atoms with Crippen molar-refractivity contribution >= 4 is 16.3 Å². The van der Waals surface area contributed by atoms with Gasteiger partial charge in [0.1, 0.15) is 5.69 Å². The van der Waals surface area contributed by atoms with Gasteiger partial charge in [-0.2, -0.15) is 5.10 Å². The van der Waals surface area contributed by atoms with Crippen LogP contribution in [-0.4, -0.2) is 9.61 Å². The van der Waals surface area contributed by atoms with Gasteiger partial charge in [-0.15, -0.1) is 0 Å². The number of pyridine rings is 1. The first-order valence-corrected chi connectivity index (χ1v) is 9.99. The smallest absolute Gasteiger partial charge is 0.154 e. The number of rotatable bonds is 3. The van der Waals surface area contributed by atoms with E-state index in [1.165, 1.54) is 10.8 Å². The normalized spacial score (nSPS) is 11.3. The summed E-state index contributed by atoms with van der Waals surface area (Å²) in [5, 5.41) is 7.44. The summed E-state index contributed by atoms with van der Waals surface area (Å²) in [6.45, 7) is 0. The molecule has 0 saturated carbocycles. The van der Waals surface area contributed by atoms with Crippen LogP contribution in [0.15, 0.2) is 114 Å². The van der Waals surface area contributed by atoms with E-state index >= 15 is 0 Å². The molecule has 0 N–H and O–H groups in total. The molecule has 0 atom stereocenters. The summed E-state index contributed by atoms with van der Waals surface area (Å²) in [7, 11) is 0. The van der Waals surface area contributed by atoms with E-state index in [0.717, 1.165) is 39.4 Å². The first kappa shape index (κ1) is 16.8. The lowest BCUT2D eigenvalue weighted by Gasteiger charge is -2.10. The minimum absolute atomic E-state index is 0.764. The number of hydrogen-bond acceptors (Lipinski definition) is 2. The maximum Gasteiger partial charge on any atom is 0.154 e. The predicted molar refractivity (Wildman–Crippen MR) is 121 cm³/mol. The van der Waals surface area contributed by atoms with Gasteiger partial charge in [-0.1, -0.05) is 84.9 Å². The predicted octanol–water partition coefficient (Wildman–Crippen LogP) is 7.08. The van der Waals surface area contributed by atoms with Gasteiger partial charge in [0.25, 0.3) is 0 Å². The Kier molecular flexibility index (Phi) is 3.78. The molecule has 0 spiro atoms. The van der Waals surface area contributed by atoms with Crippen LogP contribution in [-0.2, 0) is 0 Å². The van der Waals surface area contributed by atoms with Gasteiger partial charge in [-0.3, -0.25) is 0 Å². The Balaban J connectivity index is 1.83. The van der Waals surface area contributed by atoms with Crippen molar-refractivity contribution in [2.24, 2.45) is 0 Å². The Labute approximate surface area is 173 Å². The second-order valence-electron chi connectivity index (χ2n) is 7.31. The molecule has 0 saturated heterocycles. The van der Waals surface area contributed by atoms with Crippen LogP contribution < -0.4 is 0 Å². The van der Waals surface area contributed by atoms with Crippen LogP contribution in [0.25, 0.3) is 50.1 Å². The molecule has 6 rings (SSSR count). The summed E-state index contributed by atoms with van der Waals surface area (Å²) in [5.41, 5.74) is 6.32. The zero-order chi connectivity index (χ0) is 19.9. The molecule has 0 unspecified atom stereocenters. The zero-order valence-corrected chi connectivity index (χ0v) is 16.2. The fourth-order valence-corrected chi connectivity index (χ4v) is 4.17. The first-order chi connectivity index (χ1) is 14.9. The highest BCUT2D eigenvalue weighted by atomic mass is 16.3. The Morgan fingerprint density at radius 2 is 1.37 bits per heavy atom. The highest BCUT2D eigenvalue weighted by Crippen LogP contribution is 2.40. The van der Waals surface area contributed by atoms with E-state index in [9.17, 15) is 0 Å². The topological polar surface area (TPSA) is 30.4 Å². The Bertz CT molecular complexity index is 1460. The van der Waals surface area contributed by atoms with E-state index < -0.39 is 0 Å². The molecule has 3 aromatic carbocycles. The van der Waals surface area contributed by atoms with Gasteiger partial charge in [0.2, 0.25) is 0 Å². The Morgan fingerprint density at radius 1 is 0.667 bits per heavy atom. The van der Waals surface area contributed by atoms with Gasteiger partial charge < -0.3 is 4.42 Å². The number of fused-ring (bicyclic) bond motifs is 3.